The monoisotopic (exact) mass is 564 g/mol. The number of rotatable bonds is 8. The summed E-state index contributed by atoms with van der Waals surface area (Å²) in [6.45, 7) is 3.31. The van der Waals surface area contributed by atoms with Gasteiger partial charge in [0.1, 0.15) is 11.6 Å². The Morgan fingerprint density at radius 1 is 1.11 bits per heavy atom. The van der Waals surface area contributed by atoms with Crippen molar-refractivity contribution < 1.29 is 23.8 Å². The maximum absolute atomic E-state index is 15.0. The van der Waals surface area contributed by atoms with Crippen molar-refractivity contribution in [3.63, 3.8) is 0 Å². The number of nitrogens with one attached hydrogen (secondary N) is 1. The number of hydrogen-bond acceptors (Lipinski definition) is 4. The summed E-state index contributed by atoms with van der Waals surface area (Å²) >= 11 is 3.48. The first-order valence-electron chi connectivity index (χ1n) is 11.6. The van der Waals surface area contributed by atoms with Gasteiger partial charge in [-0.3, -0.25) is 9.59 Å². The fourth-order valence-electron chi connectivity index (χ4n) is 4.70. The molecule has 0 aliphatic heterocycles. The molecule has 1 unspecified atom stereocenters. The highest BCUT2D eigenvalue weighted by Gasteiger charge is 2.36. The van der Waals surface area contributed by atoms with Crippen LogP contribution in [0.4, 0.5) is 4.39 Å². The lowest BCUT2D eigenvalue weighted by molar-refractivity contribution is -0.138. The molecule has 4 rings (SSSR count). The summed E-state index contributed by atoms with van der Waals surface area (Å²) in [4.78, 5) is 30.4. The lowest BCUT2D eigenvalue weighted by atomic mass is 9.78. The van der Waals surface area contributed by atoms with Crippen LogP contribution in [0.2, 0.25) is 0 Å². The molecule has 190 valence electrons. The van der Waals surface area contributed by atoms with Crippen molar-refractivity contribution in [3.05, 3.63) is 93.7 Å². The lowest BCUT2D eigenvalue weighted by Gasteiger charge is -2.31. The minimum Gasteiger partial charge on any atom is -0.496 e. The predicted octanol–water partition coefficient (Wildman–Crippen LogP) is 6.28. The molecule has 1 aromatic heterocycles. The summed E-state index contributed by atoms with van der Waals surface area (Å²) < 4.78 is 21.1. The molecule has 8 heteroatoms. The Kier molecular flexibility index (Phi) is 7.59. The summed E-state index contributed by atoms with van der Waals surface area (Å²) in [5, 5.41) is 13.2. The molecule has 1 heterocycles. The van der Waals surface area contributed by atoms with Gasteiger partial charge in [0.15, 0.2) is 0 Å². The summed E-state index contributed by atoms with van der Waals surface area (Å²) in [6, 6.07) is 19.4. The standard InChI is InChI=1S/C29H26BrFN2O4/c1-17-25(20-14-19(30)12-13-22(20)33-27(17)18-8-5-4-6-9-18)28(36)32-16-29(2,15-24(34)35)26-21(31)10-7-11-23(26)37-3/h4-14H,15-16H2,1-3H3,(H,32,36)(H,34,35). The average molecular weight is 565 g/mol. The molecule has 3 aromatic carbocycles. The number of fused-ring (bicyclic) bond motifs is 1. The van der Waals surface area contributed by atoms with Crippen LogP contribution in [-0.2, 0) is 10.2 Å². The zero-order valence-electron chi connectivity index (χ0n) is 20.6. The van der Waals surface area contributed by atoms with Crippen molar-refractivity contribution in [2.75, 3.05) is 13.7 Å². The summed E-state index contributed by atoms with van der Waals surface area (Å²) in [5.74, 6) is -1.91. The van der Waals surface area contributed by atoms with Crippen LogP contribution < -0.4 is 10.1 Å². The number of ether oxygens (including phenoxy) is 1. The van der Waals surface area contributed by atoms with E-state index in [1.165, 1.54) is 19.2 Å². The predicted molar refractivity (Wildman–Crippen MR) is 145 cm³/mol. The molecular weight excluding hydrogens is 539 g/mol. The van der Waals surface area contributed by atoms with E-state index in [9.17, 15) is 19.1 Å². The molecule has 0 saturated carbocycles. The molecule has 0 aliphatic rings. The Bertz CT molecular complexity index is 1490. The molecule has 6 nitrogen and oxygen atoms in total. The highest BCUT2D eigenvalue weighted by atomic mass is 79.9. The number of carboxylic acid groups (broad SMARTS) is 1. The van der Waals surface area contributed by atoms with Gasteiger partial charge in [-0.25, -0.2) is 9.37 Å². The second-order valence-electron chi connectivity index (χ2n) is 9.12. The zero-order chi connectivity index (χ0) is 26.7. The maximum atomic E-state index is 15.0. The quantitative estimate of drug-likeness (QED) is 0.263. The van der Waals surface area contributed by atoms with Crippen molar-refractivity contribution in [1.29, 1.82) is 0 Å². The van der Waals surface area contributed by atoms with E-state index >= 15 is 0 Å². The van der Waals surface area contributed by atoms with E-state index in [1.54, 1.807) is 13.0 Å². The Morgan fingerprint density at radius 2 is 1.84 bits per heavy atom. The first kappa shape index (κ1) is 26.3. The van der Waals surface area contributed by atoms with Crippen LogP contribution in [0.5, 0.6) is 5.75 Å². The van der Waals surface area contributed by atoms with Gasteiger partial charge in [-0.2, -0.15) is 0 Å². The number of methoxy groups -OCH3 is 1. The van der Waals surface area contributed by atoms with Crippen LogP contribution >= 0.6 is 15.9 Å². The van der Waals surface area contributed by atoms with Gasteiger partial charge >= 0.3 is 5.97 Å². The minimum absolute atomic E-state index is 0.101. The number of nitrogens with zero attached hydrogens (tertiary/aromatic N) is 1. The van der Waals surface area contributed by atoms with Crippen molar-refractivity contribution in [2.24, 2.45) is 0 Å². The molecule has 1 atom stereocenters. The van der Waals surface area contributed by atoms with Crippen LogP contribution in [0.3, 0.4) is 0 Å². The largest absolute Gasteiger partial charge is 0.496 e. The van der Waals surface area contributed by atoms with Crippen LogP contribution in [0.1, 0.15) is 34.8 Å². The van der Waals surface area contributed by atoms with Crippen LogP contribution in [-0.4, -0.2) is 35.6 Å². The highest BCUT2D eigenvalue weighted by molar-refractivity contribution is 9.10. The molecule has 4 aromatic rings. The zero-order valence-corrected chi connectivity index (χ0v) is 22.2. The number of hydrogen-bond donors (Lipinski definition) is 2. The second-order valence-corrected chi connectivity index (χ2v) is 10.0. The molecule has 37 heavy (non-hydrogen) atoms. The van der Waals surface area contributed by atoms with Crippen LogP contribution in [0.25, 0.3) is 22.2 Å². The van der Waals surface area contributed by atoms with Crippen molar-refractivity contribution in [1.82, 2.24) is 10.3 Å². The fraction of sp³-hybridized carbons (Fsp3) is 0.207. The second kappa shape index (κ2) is 10.7. The molecule has 0 spiro atoms. The Balaban J connectivity index is 1.80. The molecule has 0 saturated heterocycles. The first-order chi connectivity index (χ1) is 17.6. The number of pyridine rings is 1. The highest BCUT2D eigenvalue weighted by Crippen LogP contribution is 2.37. The van der Waals surface area contributed by atoms with E-state index in [4.69, 9.17) is 9.72 Å². The SMILES string of the molecule is COc1cccc(F)c1C(C)(CNC(=O)c1c(C)c(-c2ccccc2)nc2ccc(Br)cc12)CC(=O)O. The normalized spacial score (nSPS) is 12.7. The van der Waals surface area contributed by atoms with Crippen LogP contribution in [0.15, 0.2) is 71.2 Å². The Labute approximate surface area is 222 Å². The minimum atomic E-state index is -1.28. The van der Waals surface area contributed by atoms with Crippen molar-refractivity contribution >= 4 is 38.7 Å². The number of amides is 1. The topological polar surface area (TPSA) is 88.5 Å². The maximum Gasteiger partial charge on any atom is 0.304 e. The number of carbonyl (C=O) groups is 2. The molecule has 2 N–H and O–H groups in total. The van der Waals surface area contributed by atoms with Gasteiger partial charge in [0, 0.05) is 32.9 Å². The fourth-order valence-corrected chi connectivity index (χ4v) is 5.06. The molecule has 0 radical (unpaired) electrons. The number of aromatic nitrogens is 1. The molecule has 1 amide bonds. The molecule has 0 bridgehead atoms. The summed E-state index contributed by atoms with van der Waals surface area (Å²) in [6.07, 6.45) is -0.415. The third-order valence-electron chi connectivity index (χ3n) is 6.44. The number of aliphatic carboxylic acids is 1. The van der Waals surface area contributed by atoms with E-state index in [-0.39, 0.29) is 17.9 Å². The Hall–Kier alpha value is -3.78. The lowest BCUT2D eigenvalue weighted by Crippen LogP contribution is -2.41. The number of halogens is 2. The number of benzene rings is 3. The third kappa shape index (κ3) is 5.34. The van der Waals surface area contributed by atoms with Crippen molar-refractivity contribution in [2.45, 2.75) is 25.7 Å². The summed E-state index contributed by atoms with van der Waals surface area (Å²) in [5.41, 5.74) is 2.10. The van der Waals surface area contributed by atoms with Gasteiger partial charge < -0.3 is 15.2 Å². The van der Waals surface area contributed by atoms with E-state index < -0.39 is 29.5 Å². The summed E-state index contributed by atoms with van der Waals surface area (Å²) in [7, 11) is 1.40. The van der Waals surface area contributed by atoms with E-state index in [1.807, 2.05) is 55.5 Å². The van der Waals surface area contributed by atoms with E-state index in [0.717, 1.165) is 10.0 Å². The van der Waals surface area contributed by atoms with Gasteiger partial charge in [0.25, 0.3) is 5.91 Å². The van der Waals surface area contributed by atoms with Gasteiger partial charge in [0.2, 0.25) is 0 Å². The third-order valence-corrected chi connectivity index (χ3v) is 6.94. The van der Waals surface area contributed by atoms with E-state index in [2.05, 4.69) is 21.2 Å². The number of carbonyl (C=O) groups excluding carboxylic acids is 1. The average Bonchev–Trinajstić information content (AvgIpc) is 2.87. The van der Waals surface area contributed by atoms with Crippen LogP contribution in [0, 0.1) is 12.7 Å². The van der Waals surface area contributed by atoms with Gasteiger partial charge in [-0.15, -0.1) is 0 Å². The van der Waals surface area contributed by atoms with E-state index in [0.29, 0.717) is 27.7 Å². The number of carboxylic acids is 1. The first-order valence-corrected chi connectivity index (χ1v) is 12.4. The van der Waals surface area contributed by atoms with Gasteiger partial charge in [0.05, 0.1) is 30.3 Å². The van der Waals surface area contributed by atoms with Gasteiger partial charge in [-0.05, 0) is 42.8 Å². The van der Waals surface area contributed by atoms with Crippen molar-refractivity contribution in [3.8, 4) is 17.0 Å². The smallest absolute Gasteiger partial charge is 0.304 e. The van der Waals surface area contributed by atoms with Gasteiger partial charge in [-0.1, -0.05) is 59.3 Å². The molecule has 0 fully saturated rings. The molecule has 0 aliphatic carbocycles. The molecular formula is C29H26BrFN2O4. The Morgan fingerprint density at radius 3 is 2.51 bits per heavy atom.